The summed E-state index contributed by atoms with van der Waals surface area (Å²) in [6.45, 7) is 3.89. The van der Waals surface area contributed by atoms with E-state index in [0.717, 1.165) is 44.9 Å². The first-order chi connectivity index (χ1) is 17.6. The van der Waals surface area contributed by atoms with Crippen molar-refractivity contribution < 1.29 is 38.2 Å². The Balaban J connectivity index is 4.30. The highest BCUT2D eigenvalue weighted by molar-refractivity contribution is 5.70. The third-order valence-electron chi connectivity index (χ3n) is 5.60. The van der Waals surface area contributed by atoms with Crippen molar-refractivity contribution in [1.29, 1.82) is 0 Å². The van der Waals surface area contributed by atoms with E-state index >= 15 is 0 Å². The van der Waals surface area contributed by atoms with E-state index in [1.807, 2.05) is 0 Å². The van der Waals surface area contributed by atoms with E-state index in [1.165, 1.54) is 0 Å². The van der Waals surface area contributed by atoms with Gasteiger partial charge in [0.15, 0.2) is 6.10 Å². The number of rotatable bonds is 22. The van der Waals surface area contributed by atoms with Gasteiger partial charge in [-0.3, -0.25) is 9.59 Å². The van der Waals surface area contributed by atoms with Gasteiger partial charge in [-0.05, 0) is 38.5 Å². The summed E-state index contributed by atoms with van der Waals surface area (Å²) in [5, 5.41) is 11.4. The van der Waals surface area contributed by atoms with Gasteiger partial charge in [-0.15, -0.1) is 0 Å². The number of aliphatic carboxylic acids is 1. The molecule has 0 aliphatic heterocycles. The van der Waals surface area contributed by atoms with Gasteiger partial charge in [0.25, 0.3) is 0 Å². The number of unbranched alkanes of at least 4 members (excludes halogenated alkanes) is 3. The molecule has 0 aliphatic carbocycles. The van der Waals surface area contributed by atoms with Gasteiger partial charge in [-0.1, -0.05) is 56.7 Å². The third kappa shape index (κ3) is 20.3. The molecule has 37 heavy (non-hydrogen) atoms. The summed E-state index contributed by atoms with van der Waals surface area (Å²) < 4.78 is 16.4. The molecule has 2 unspecified atom stereocenters. The third-order valence-corrected chi connectivity index (χ3v) is 5.60. The minimum atomic E-state index is -1.14. The van der Waals surface area contributed by atoms with Crippen LogP contribution in [0.4, 0.5) is 0 Å². The molecule has 0 saturated carbocycles. The molecule has 0 spiro atoms. The number of carbonyl (C=O) groups excluding carboxylic acids is 3. The molecule has 0 bridgehead atoms. The SMILES string of the molecule is CC/C=C\C/C=C\C/C=C\CCCCCC(=O)OC(COCCC(C(=O)[O-])[N+](C)(C)C)COC(=O)CC. The van der Waals surface area contributed by atoms with E-state index in [9.17, 15) is 19.5 Å². The number of carboxylic acid groups (broad SMARTS) is 1. The number of ether oxygens (including phenoxy) is 3. The summed E-state index contributed by atoms with van der Waals surface area (Å²) in [4.78, 5) is 35.2. The molecule has 0 rings (SSSR count). The van der Waals surface area contributed by atoms with Gasteiger partial charge in [-0.2, -0.15) is 0 Å². The summed E-state index contributed by atoms with van der Waals surface area (Å²) in [6, 6.07) is -0.724. The quantitative estimate of drug-likeness (QED) is 0.0918. The number of allylic oxidation sites excluding steroid dienone is 6. The molecule has 2 atom stereocenters. The molecular weight excluding hydrogens is 474 g/mol. The fourth-order valence-corrected chi connectivity index (χ4v) is 3.41. The van der Waals surface area contributed by atoms with Crippen molar-refractivity contribution in [3.8, 4) is 0 Å². The number of carbonyl (C=O) groups is 3. The molecule has 8 heteroatoms. The highest BCUT2D eigenvalue weighted by Crippen LogP contribution is 2.10. The fourth-order valence-electron chi connectivity index (χ4n) is 3.41. The highest BCUT2D eigenvalue weighted by atomic mass is 16.6. The summed E-state index contributed by atoms with van der Waals surface area (Å²) in [5.41, 5.74) is 0. The first-order valence-electron chi connectivity index (χ1n) is 13.5. The average Bonchev–Trinajstić information content (AvgIpc) is 2.83. The molecule has 0 saturated heterocycles. The van der Waals surface area contributed by atoms with Crippen molar-refractivity contribution in [3.05, 3.63) is 36.5 Å². The molecule has 212 valence electrons. The van der Waals surface area contributed by atoms with Gasteiger partial charge in [0.1, 0.15) is 12.6 Å². The largest absolute Gasteiger partial charge is 0.544 e. The first kappa shape index (κ1) is 34.6. The molecule has 0 aliphatic rings. The van der Waals surface area contributed by atoms with Crippen molar-refractivity contribution in [3.63, 3.8) is 0 Å². The number of hydrogen-bond acceptors (Lipinski definition) is 7. The molecule has 0 N–H and O–H groups in total. The Morgan fingerprint density at radius 1 is 0.838 bits per heavy atom. The van der Waals surface area contributed by atoms with Gasteiger partial charge in [0.05, 0.1) is 40.3 Å². The zero-order chi connectivity index (χ0) is 27.9. The van der Waals surface area contributed by atoms with Crippen LogP contribution in [-0.2, 0) is 28.6 Å². The standard InChI is InChI=1S/C29H49NO7/c1-6-8-9-10-11-12-13-14-15-16-17-18-19-20-28(32)37-25(24-36-27(31)7-2)23-35-22-21-26(29(33)34)30(3,4)5/h8-9,11-12,14-15,25-26H,6-7,10,13,16-24H2,1-5H3/b9-8-,12-11-,15-14-. The summed E-state index contributed by atoms with van der Waals surface area (Å²) in [6.07, 6.45) is 19.6. The van der Waals surface area contributed by atoms with Crippen LogP contribution < -0.4 is 5.11 Å². The maximum atomic E-state index is 12.3. The van der Waals surface area contributed by atoms with Crippen molar-refractivity contribution >= 4 is 17.9 Å². The second-order valence-electron chi connectivity index (χ2n) is 9.86. The van der Waals surface area contributed by atoms with Crippen molar-refractivity contribution in [2.75, 3.05) is 41.0 Å². The van der Waals surface area contributed by atoms with E-state index in [2.05, 4.69) is 43.4 Å². The van der Waals surface area contributed by atoms with Crippen LogP contribution in [0.2, 0.25) is 0 Å². The zero-order valence-electron chi connectivity index (χ0n) is 23.6. The van der Waals surface area contributed by atoms with Crippen LogP contribution >= 0.6 is 0 Å². The Bertz CT molecular complexity index is 722. The Hall–Kier alpha value is -2.45. The van der Waals surface area contributed by atoms with Crippen LogP contribution in [0.5, 0.6) is 0 Å². The average molecular weight is 524 g/mol. The van der Waals surface area contributed by atoms with Crippen LogP contribution in [0.15, 0.2) is 36.5 Å². The normalized spacial score (nSPS) is 13.9. The first-order valence-corrected chi connectivity index (χ1v) is 13.5. The minimum absolute atomic E-state index is 0.0216. The van der Waals surface area contributed by atoms with E-state index in [1.54, 1.807) is 28.1 Å². The van der Waals surface area contributed by atoms with E-state index in [4.69, 9.17) is 14.2 Å². The second kappa shape index (κ2) is 21.6. The Labute approximate surface area is 223 Å². The van der Waals surface area contributed by atoms with Crippen LogP contribution in [0.3, 0.4) is 0 Å². The molecule has 8 nitrogen and oxygen atoms in total. The fraction of sp³-hybridized carbons (Fsp3) is 0.690. The predicted octanol–water partition coefficient (Wildman–Crippen LogP) is 3.89. The van der Waals surface area contributed by atoms with Crippen molar-refractivity contribution in [2.24, 2.45) is 0 Å². The van der Waals surface area contributed by atoms with E-state index in [-0.39, 0.29) is 55.5 Å². The molecular formula is C29H49NO7. The number of nitrogens with zero attached hydrogens (tertiary/aromatic N) is 1. The van der Waals surface area contributed by atoms with Gasteiger partial charge >= 0.3 is 11.9 Å². The molecule has 0 radical (unpaired) electrons. The highest BCUT2D eigenvalue weighted by Gasteiger charge is 2.25. The molecule has 0 heterocycles. The number of hydrogen-bond donors (Lipinski definition) is 0. The maximum Gasteiger partial charge on any atom is 0.306 e. The second-order valence-corrected chi connectivity index (χ2v) is 9.86. The van der Waals surface area contributed by atoms with Crippen molar-refractivity contribution in [1.82, 2.24) is 0 Å². The molecule has 0 fully saturated rings. The minimum Gasteiger partial charge on any atom is -0.544 e. The zero-order valence-corrected chi connectivity index (χ0v) is 23.6. The van der Waals surface area contributed by atoms with E-state index < -0.39 is 18.1 Å². The lowest BCUT2D eigenvalue weighted by atomic mass is 10.1. The summed E-state index contributed by atoms with van der Waals surface area (Å²) >= 11 is 0. The molecule has 0 aromatic rings. The Morgan fingerprint density at radius 2 is 1.49 bits per heavy atom. The number of quaternary nitrogens is 1. The van der Waals surface area contributed by atoms with Gasteiger partial charge in [0, 0.05) is 19.3 Å². The van der Waals surface area contributed by atoms with Crippen LogP contribution in [0.25, 0.3) is 0 Å². The van der Waals surface area contributed by atoms with Gasteiger partial charge < -0.3 is 28.6 Å². The lowest BCUT2D eigenvalue weighted by Crippen LogP contribution is -2.55. The molecule has 0 aromatic carbocycles. The number of esters is 2. The summed E-state index contributed by atoms with van der Waals surface area (Å²) in [5.74, 6) is -1.89. The Kier molecular flexibility index (Phi) is 20.2. The topological polar surface area (TPSA) is 102 Å². The van der Waals surface area contributed by atoms with Gasteiger partial charge in [0.2, 0.25) is 0 Å². The monoisotopic (exact) mass is 523 g/mol. The van der Waals surface area contributed by atoms with Crippen LogP contribution in [-0.4, -0.2) is 75.5 Å². The van der Waals surface area contributed by atoms with E-state index in [0.29, 0.717) is 0 Å². The van der Waals surface area contributed by atoms with Crippen molar-refractivity contribution in [2.45, 2.75) is 90.2 Å². The smallest absolute Gasteiger partial charge is 0.306 e. The maximum absolute atomic E-state index is 12.3. The van der Waals surface area contributed by atoms with Gasteiger partial charge in [-0.25, -0.2) is 0 Å². The lowest BCUT2D eigenvalue weighted by Gasteiger charge is -2.34. The van der Waals surface area contributed by atoms with Crippen LogP contribution in [0.1, 0.15) is 78.1 Å². The molecule has 0 amide bonds. The van der Waals surface area contributed by atoms with Crippen LogP contribution in [0, 0.1) is 0 Å². The lowest BCUT2D eigenvalue weighted by molar-refractivity contribution is -0.889. The number of likely N-dealkylation sites (N-methyl/N-ethyl adjacent to an activating group) is 1. The Morgan fingerprint density at radius 3 is 2.08 bits per heavy atom. The number of carboxylic acids is 1. The molecule has 0 aromatic heterocycles. The predicted molar refractivity (Wildman–Crippen MR) is 143 cm³/mol. The summed E-state index contributed by atoms with van der Waals surface area (Å²) in [7, 11) is 5.33.